The highest BCUT2D eigenvalue weighted by Crippen LogP contribution is 1.99. The SMILES string of the molecule is CCC(CC)N=C=N.CNC.Cl. The van der Waals surface area contributed by atoms with Gasteiger partial charge in [-0.3, -0.25) is 0 Å². The van der Waals surface area contributed by atoms with E-state index in [-0.39, 0.29) is 12.4 Å². The van der Waals surface area contributed by atoms with Gasteiger partial charge in [-0.1, -0.05) is 13.8 Å². The fourth-order valence-electron chi connectivity index (χ4n) is 0.563. The van der Waals surface area contributed by atoms with Crippen LogP contribution in [0.5, 0.6) is 0 Å². The largest absolute Gasteiger partial charge is 0.323 e. The Kier molecular flexibility index (Phi) is 24.9. The Morgan fingerprint density at radius 2 is 1.67 bits per heavy atom. The first-order valence-electron chi connectivity index (χ1n) is 3.96. The van der Waals surface area contributed by atoms with Gasteiger partial charge in [0, 0.05) is 0 Å². The molecule has 12 heavy (non-hydrogen) atoms. The molecule has 0 aromatic heterocycles. The average Bonchev–Trinajstić information content (AvgIpc) is 2.02. The van der Waals surface area contributed by atoms with E-state index in [9.17, 15) is 0 Å². The monoisotopic (exact) mass is 193 g/mol. The minimum Gasteiger partial charge on any atom is -0.323 e. The first-order chi connectivity index (χ1) is 5.26. The van der Waals surface area contributed by atoms with Crippen LogP contribution in [-0.4, -0.2) is 26.1 Å². The Balaban J connectivity index is -0.000000177. The molecule has 74 valence electrons. The third kappa shape index (κ3) is 16.3. The van der Waals surface area contributed by atoms with Gasteiger partial charge in [-0.2, -0.15) is 0 Å². The van der Waals surface area contributed by atoms with Crippen molar-refractivity contribution in [2.24, 2.45) is 4.99 Å². The van der Waals surface area contributed by atoms with Crippen molar-refractivity contribution in [3.8, 4) is 0 Å². The second kappa shape index (κ2) is 16.9. The third-order valence-electron chi connectivity index (χ3n) is 1.19. The van der Waals surface area contributed by atoms with Crippen molar-refractivity contribution in [2.75, 3.05) is 14.1 Å². The van der Waals surface area contributed by atoms with Gasteiger partial charge >= 0.3 is 0 Å². The summed E-state index contributed by atoms with van der Waals surface area (Å²) in [6, 6.07) is 2.37. The molecule has 2 N–H and O–H groups in total. The Morgan fingerprint density at radius 3 is 1.75 bits per heavy atom. The quantitative estimate of drug-likeness (QED) is 0.664. The van der Waals surface area contributed by atoms with Crippen LogP contribution in [0.4, 0.5) is 0 Å². The average molecular weight is 194 g/mol. The maximum absolute atomic E-state index is 6.52. The van der Waals surface area contributed by atoms with Crippen molar-refractivity contribution < 1.29 is 0 Å². The van der Waals surface area contributed by atoms with Crippen molar-refractivity contribution in [1.29, 1.82) is 5.41 Å². The number of rotatable bonds is 3. The molecule has 3 nitrogen and oxygen atoms in total. The lowest BCUT2D eigenvalue weighted by Crippen LogP contribution is -1.97. The summed E-state index contributed by atoms with van der Waals surface area (Å²) in [6.45, 7) is 4.13. The Labute approximate surface area is 81.6 Å². The molecule has 0 aliphatic carbocycles. The van der Waals surface area contributed by atoms with E-state index in [4.69, 9.17) is 5.41 Å². The number of halogens is 1. The molecule has 0 spiro atoms. The van der Waals surface area contributed by atoms with Crippen LogP contribution in [0.25, 0.3) is 0 Å². The van der Waals surface area contributed by atoms with E-state index in [1.807, 2.05) is 20.1 Å². The molecule has 0 aromatic carbocycles. The predicted molar refractivity (Wildman–Crippen MR) is 56.8 cm³/mol. The van der Waals surface area contributed by atoms with Crippen molar-refractivity contribution in [2.45, 2.75) is 32.7 Å². The van der Waals surface area contributed by atoms with E-state index in [2.05, 4.69) is 24.2 Å². The van der Waals surface area contributed by atoms with Gasteiger partial charge in [0.05, 0.1) is 12.1 Å². The number of hydrogen-bond donors (Lipinski definition) is 2. The zero-order valence-corrected chi connectivity index (χ0v) is 9.16. The molecule has 0 aliphatic rings. The van der Waals surface area contributed by atoms with Gasteiger partial charge in [0.1, 0.15) is 0 Å². The van der Waals surface area contributed by atoms with Gasteiger partial charge in [-0.05, 0) is 26.9 Å². The van der Waals surface area contributed by atoms with Crippen molar-refractivity contribution in [1.82, 2.24) is 5.32 Å². The van der Waals surface area contributed by atoms with Crippen LogP contribution in [0.3, 0.4) is 0 Å². The van der Waals surface area contributed by atoms with Crippen LogP contribution in [0, 0.1) is 5.41 Å². The van der Waals surface area contributed by atoms with Crippen LogP contribution in [0.2, 0.25) is 0 Å². The summed E-state index contributed by atoms with van der Waals surface area (Å²) in [7, 11) is 3.75. The summed E-state index contributed by atoms with van der Waals surface area (Å²) in [4.78, 5) is 3.78. The number of aliphatic imine (C=N–C) groups is 1. The van der Waals surface area contributed by atoms with Gasteiger partial charge in [-0.15, -0.1) is 12.4 Å². The standard InChI is InChI=1S/C6H12N2.C2H7N.ClH/c1-3-6(4-2)8-5-7;1-3-2;/h6-7H,3-4H2,1-2H3;3H,1-2H3;1H. The van der Waals surface area contributed by atoms with E-state index in [0.717, 1.165) is 12.8 Å². The Morgan fingerprint density at radius 1 is 1.33 bits per heavy atom. The van der Waals surface area contributed by atoms with Crippen LogP contribution in [-0.2, 0) is 0 Å². The molecule has 0 radical (unpaired) electrons. The minimum absolute atomic E-state index is 0. The van der Waals surface area contributed by atoms with Crippen molar-refractivity contribution in [3.05, 3.63) is 0 Å². The first kappa shape index (κ1) is 17.6. The lowest BCUT2D eigenvalue weighted by atomic mass is 10.2. The summed E-state index contributed by atoms with van der Waals surface area (Å²) in [5.74, 6) is 0. The van der Waals surface area contributed by atoms with E-state index in [0.29, 0.717) is 6.04 Å². The highest BCUT2D eigenvalue weighted by molar-refractivity contribution is 5.85. The molecule has 0 aliphatic heterocycles. The van der Waals surface area contributed by atoms with Gasteiger partial charge in [0.15, 0.2) is 0 Å². The molecule has 0 unspecified atom stereocenters. The fraction of sp³-hybridized carbons (Fsp3) is 0.875. The molecule has 4 heteroatoms. The molecule has 0 rings (SSSR count). The Hall–Kier alpha value is -0.370. The van der Waals surface area contributed by atoms with Gasteiger partial charge in [0.25, 0.3) is 0 Å². The molecule has 0 amide bonds. The molecule has 0 saturated carbocycles. The summed E-state index contributed by atoms with van der Waals surface area (Å²) >= 11 is 0. The highest BCUT2D eigenvalue weighted by Gasteiger charge is 1.95. The molecule has 0 bridgehead atoms. The number of nitrogens with one attached hydrogen (secondary N) is 2. The van der Waals surface area contributed by atoms with Crippen LogP contribution in [0.1, 0.15) is 26.7 Å². The van der Waals surface area contributed by atoms with E-state index >= 15 is 0 Å². The lowest BCUT2D eigenvalue weighted by molar-refractivity contribution is 0.634. The van der Waals surface area contributed by atoms with E-state index < -0.39 is 0 Å². The van der Waals surface area contributed by atoms with E-state index in [1.165, 1.54) is 0 Å². The molecule has 0 aromatic rings. The smallest absolute Gasteiger partial charge is 0.0864 e. The van der Waals surface area contributed by atoms with Crippen LogP contribution < -0.4 is 5.32 Å². The molecule has 0 heterocycles. The van der Waals surface area contributed by atoms with Gasteiger partial charge < -0.3 is 5.32 Å². The van der Waals surface area contributed by atoms with Crippen molar-refractivity contribution in [3.63, 3.8) is 0 Å². The normalized spacial score (nSPS) is 7.42. The summed E-state index contributed by atoms with van der Waals surface area (Å²) in [5, 5.41) is 9.27. The first-order valence-corrected chi connectivity index (χ1v) is 3.96. The van der Waals surface area contributed by atoms with Crippen molar-refractivity contribution >= 4 is 18.4 Å². The zero-order chi connectivity index (χ0) is 9.11. The molecular weight excluding hydrogens is 174 g/mol. The lowest BCUT2D eigenvalue weighted by Gasteiger charge is -1.99. The predicted octanol–water partition coefficient (Wildman–Crippen LogP) is 2.19. The molecule has 0 fully saturated rings. The maximum atomic E-state index is 6.52. The topological polar surface area (TPSA) is 48.2 Å². The number of nitrogens with zero attached hydrogens (tertiary/aromatic N) is 1. The number of hydrogen-bond acceptors (Lipinski definition) is 3. The molecule has 0 saturated heterocycles. The summed E-state index contributed by atoms with van der Waals surface area (Å²) in [5.41, 5.74) is 0. The second-order valence-corrected chi connectivity index (χ2v) is 2.21. The maximum Gasteiger partial charge on any atom is 0.0864 e. The fourth-order valence-corrected chi connectivity index (χ4v) is 0.563. The van der Waals surface area contributed by atoms with E-state index in [1.54, 1.807) is 0 Å². The zero-order valence-electron chi connectivity index (χ0n) is 8.35. The van der Waals surface area contributed by atoms with Crippen LogP contribution in [0.15, 0.2) is 4.99 Å². The third-order valence-corrected chi connectivity index (χ3v) is 1.19. The molecular formula is C8H20ClN3. The summed E-state index contributed by atoms with van der Waals surface area (Å²) in [6.07, 6.45) is 2.03. The van der Waals surface area contributed by atoms with Gasteiger partial charge in [0.2, 0.25) is 0 Å². The minimum atomic E-state index is 0. The van der Waals surface area contributed by atoms with Crippen LogP contribution >= 0.6 is 12.4 Å². The van der Waals surface area contributed by atoms with Gasteiger partial charge in [-0.25, -0.2) is 10.4 Å². The summed E-state index contributed by atoms with van der Waals surface area (Å²) < 4.78 is 0. The Bertz CT molecular complexity index is 107. The highest BCUT2D eigenvalue weighted by atomic mass is 35.5. The second-order valence-electron chi connectivity index (χ2n) is 2.21. The molecule has 0 atom stereocenters.